The molecule has 5 nitrogen and oxygen atoms in total. The van der Waals surface area contributed by atoms with E-state index in [1.807, 2.05) is 0 Å². The smallest absolute Gasteiger partial charge is 0.337 e. The molecule has 2 N–H and O–H groups in total. The van der Waals surface area contributed by atoms with Gasteiger partial charge in [-0.1, -0.05) is 6.07 Å². The molecule has 1 fully saturated rings. The summed E-state index contributed by atoms with van der Waals surface area (Å²) in [7, 11) is 0. The number of hydrogen-bond acceptors (Lipinski definition) is 4. The lowest BCUT2D eigenvalue weighted by molar-refractivity contribution is -0.146. The van der Waals surface area contributed by atoms with Crippen LogP contribution in [0.4, 0.5) is 4.39 Å². The Kier molecular flexibility index (Phi) is 4.34. The van der Waals surface area contributed by atoms with Gasteiger partial charge in [0.15, 0.2) is 17.7 Å². The maximum absolute atomic E-state index is 13.8. The Morgan fingerprint density at radius 1 is 1.42 bits per heavy atom. The molecule has 0 amide bonds. The lowest BCUT2D eigenvalue weighted by atomic mass is 10.1. The molecule has 1 aromatic carbocycles. The number of carbonyl (C=O) groups is 1. The summed E-state index contributed by atoms with van der Waals surface area (Å²) in [5, 5.41) is 18.0. The number of carboxylic acids is 1. The lowest BCUT2D eigenvalue weighted by Gasteiger charge is -2.23. The second-order valence-electron chi connectivity index (χ2n) is 4.36. The minimum Gasteiger partial charge on any atom is -0.487 e. The maximum Gasteiger partial charge on any atom is 0.337 e. The van der Waals surface area contributed by atoms with E-state index in [0.29, 0.717) is 26.1 Å². The number of aliphatic carboxylic acids is 1. The van der Waals surface area contributed by atoms with E-state index in [1.54, 1.807) is 0 Å². The molecule has 1 saturated heterocycles. The number of aliphatic hydroxyl groups is 1. The normalized spacial score (nSPS) is 18.0. The molecule has 1 aromatic rings. The first kappa shape index (κ1) is 13.8. The predicted octanol–water partition coefficient (Wildman–Crippen LogP) is 1.50. The Balaban J connectivity index is 2.08. The van der Waals surface area contributed by atoms with E-state index in [2.05, 4.69) is 0 Å². The second-order valence-corrected chi connectivity index (χ2v) is 4.36. The van der Waals surface area contributed by atoms with Crippen LogP contribution in [0.2, 0.25) is 0 Å². The molecular formula is C13H15FO5. The number of carboxylic acid groups (broad SMARTS) is 1. The summed E-state index contributed by atoms with van der Waals surface area (Å²) in [5.41, 5.74) is -0.00988. The van der Waals surface area contributed by atoms with Crippen LogP contribution in [0, 0.1) is 5.82 Å². The van der Waals surface area contributed by atoms with Crippen LogP contribution < -0.4 is 4.74 Å². The van der Waals surface area contributed by atoms with Gasteiger partial charge in [-0.25, -0.2) is 9.18 Å². The molecule has 2 rings (SSSR count). The molecule has 1 atom stereocenters. The lowest BCUT2D eigenvalue weighted by Crippen LogP contribution is -2.26. The minimum absolute atomic E-state index is 0.00988. The Labute approximate surface area is 109 Å². The predicted molar refractivity (Wildman–Crippen MR) is 63.5 cm³/mol. The summed E-state index contributed by atoms with van der Waals surface area (Å²) in [5.74, 6) is -2.03. The molecular weight excluding hydrogens is 255 g/mol. The van der Waals surface area contributed by atoms with Crippen molar-refractivity contribution in [3.63, 3.8) is 0 Å². The van der Waals surface area contributed by atoms with E-state index in [4.69, 9.17) is 14.6 Å². The Morgan fingerprint density at radius 2 is 2.11 bits per heavy atom. The fourth-order valence-corrected chi connectivity index (χ4v) is 1.90. The summed E-state index contributed by atoms with van der Waals surface area (Å²) in [6.45, 7) is 1.17. The Bertz CT molecular complexity index is 456. The third kappa shape index (κ3) is 3.42. The van der Waals surface area contributed by atoms with E-state index in [9.17, 15) is 14.3 Å². The number of halogens is 1. The van der Waals surface area contributed by atoms with Crippen molar-refractivity contribution in [2.24, 2.45) is 0 Å². The summed E-state index contributed by atoms with van der Waals surface area (Å²) < 4.78 is 24.4. The van der Waals surface area contributed by atoms with Gasteiger partial charge < -0.3 is 19.7 Å². The number of aliphatic hydroxyl groups excluding tert-OH is 1. The minimum atomic E-state index is -1.73. The van der Waals surface area contributed by atoms with Gasteiger partial charge in [-0.15, -0.1) is 0 Å². The van der Waals surface area contributed by atoms with Gasteiger partial charge in [0.1, 0.15) is 6.10 Å². The molecule has 1 aliphatic rings. The summed E-state index contributed by atoms with van der Waals surface area (Å²) >= 11 is 0. The first-order valence-electron chi connectivity index (χ1n) is 6.02. The van der Waals surface area contributed by atoms with Gasteiger partial charge in [-0.3, -0.25) is 0 Å². The summed E-state index contributed by atoms with van der Waals surface area (Å²) in [4.78, 5) is 10.6. The average molecular weight is 270 g/mol. The second kappa shape index (κ2) is 5.99. The fourth-order valence-electron chi connectivity index (χ4n) is 1.90. The van der Waals surface area contributed by atoms with Crippen LogP contribution >= 0.6 is 0 Å². The summed E-state index contributed by atoms with van der Waals surface area (Å²) in [6.07, 6.45) is -0.442. The molecule has 0 radical (unpaired) electrons. The highest BCUT2D eigenvalue weighted by Gasteiger charge is 2.20. The number of ether oxygens (including phenoxy) is 2. The zero-order valence-corrected chi connectivity index (χ0v) is 10.2. The third-order valence-electron chi connectivity index (χ3n) is 2.97. The molecule has 6 heteroatoms. The topological polar surface area (TPSA) is 76.0 Å². The van der Waals surface area contributed by atoms with E-state index < -0.39 is 17.9 Å². The van der Waals surface area contributed by atoms with Gasteiger partial charge in [-0.2, -0.15) is 0 Å². The monoisotopic (exact) mass is 270 g/mol. The van der Waals surface area contributed by atoms with Crippen molar-refractivity contribution in [1.82, 2.24) is 0 Å². The van der Waals surface area contributed by atoms with Crippen LogP contribution in [0.5, 0.6) is 5.75 Å². The van der Waals surface area contributed by atoms with Crippen molar-refractivity contribution in [1.29, 1.82) is 0 Å². The van der Waals surface area contributed by atoms with Gasteiger partial charge in [0.25, 0.3) is 0 Å². The van der Waals surface area contributed by atoms with E-state index in [0.717, 1.165) is 6.07 Å². The molecule has 0 bridgehead atoms. The first-order chi connectivity index (χ1) is 9.08. The third-order valence-corrected chi connectivity index (χ3v) is 2.97. The molecule has 0 spiro atoms. The number of rotatable bonds is 4. The van der Waals surface area contributed by atoms with Crippen LogP contribution in [-0.4, -0.2) is 35.5 Å². The van der Waals surface area contributed by atoms with Crippen LogP contribution in [-0.2, 0) is 9.53 Å². The zero-order valence-electron chi connectivity index (χ0n) is 10.2. The molecule has 0 aromatic heterocycles. The summed E-state index contributed by atoms with van der Waals surface area (Å²) in [6, 6.07) is 3.66. The highest BCUT2D eigenvalue weighted by atomic mass is 19.1. The molecule has 19 heavy (non-hydrogen) atoms. The van der Waals surface area contributed by atoms with Crippen molar-refractivity contribution in [2.75, 3.05) is 13.2 Å². The average Bonchev–Trinajstić information content (AvgIpc) is 2.41. The van der Waals surface area contributed by atoms with E-state index >= 15 is 0 Å². The Hall–Kier alpha value is -1.66. The molecule has 0 saturated carbocycles. The van der Waals surface area contributed by atoms with Gasteiger partial charge in [-0.05, 0) is 17.7 Å². The van der Waals surface area contributed by atoms with Crippen molar-refractivity contribution in [2.45, 2.75) is 25.0 Å². The van der Waals surface area contributed by atoms with E-state index in [1.165, 1.54) is 12.1 Å². The first-order valence-corrected chi connectivity index (χ1v) is 6.02. The van der Waals surface area contributed by atoms with Gasteiger partial charge in [0, 0.05) is 12.8 Å². The highest BCUT2D eigenvalue weighted by Crippen LogP contribution is 2.25. The highest BCUT2D eigenvalue weighted by molar-refractivity contribution is 5.74. The van der Waals surface area contributed by atoms with Crippen molar-refractivity contribution in [3.05, 3.63) is 29.6 Å². The van der Waals surface area contributed by atoms with E-state index in [-0.39, 0.29) is 17.4 Å². The molecule has 104 valence electrons. The largest absolute Gasteiger partial charge is 0.487 e. The quantitative estimate of drug-likeness (QED) is 0.867. The van der Waals surface area contributed by atoms with Crippen LogP contribution in [0.15, 0.2) is 18.2 Å². The van der Waals surface area contributed by atoms with Gasteiger partial charge >= 0.3 is 5.97 Å². The molecule has 0 aliphatic carbocycles. The molecule has 1 aliphatic heterocycles. The SMILES string of the molecule is O=C(O)C(O)c1ccc(OC2CCOCC2)c(F)c1. The maximum atomic E-state index is 13.8. The van der Waals surface area contributed by atoms with Crippen molar-refractivity contribution < 1.29 is 28.9 Å². The zero-order chi connectivity index (χ0) is 13.8. The van der Waals surface area contributed by atoms with Crippen molar-refractivity contribution >= 4 is 5.97 Å². The van der Waals surface area contributed by atoms with Crippen LogP contribution in [0.1, 0.15) is 24.5 Å². The van der Waals surface area contributed by atoms with Crippen LogP contribution in [0.25, 0.3) is 0 Å². The number of hydrogen-bond donors (Lipinski definition) is 2. The fraction of sp³-hybridized carbons (Fsp3) is 0.462. The standard InChI is InChI=1S/C13H15FO5/c14-10-7-8(12(15)13(16)17)1-2-11(10)19-9-3-5-18-6-4-9/h1-2,7,9,12,15H,3-6H2,(H,16,17). The van der Waals surface area contributed by atoms with Gasteiger partial charge in [0.2, 0.25) is 0 Å². The van der Waals surface area contributed by atoms with Gasteiger partial charge in [0.05, 0.1) is 13.2 Å². The Morgan fingerprint density at radius 3 is 2.68 bits per heavy atom. The van der Waals surface area contributed by atoms with Crippen LogP contribution in [0.3, 0.4) is 0 Å². The molecule has 1 heterocycles. The number of benzene rings is 1. The molecule has 1 unspecified atom stereocenters. The van der Waals surface area contributed by atoms with Crippen molar-refractivity contribution in [3.8, 4) is 5.75 Å².